The molecule has 6 nitrogen and oxygen atoms in total. The van der Waals surface area contributed by atoms with E-state index in [9.17, 15) is 4.79 Å². The van der Waals surface area contributed by atoms with Gasteiger partial charge in [0, 0.05) is 24.1 Å². The molecule has 0 spiro atoms. The molecule has 0 saturated carbocycles. The van der Waals surface area contributed by atoms with E-state index < -0.39 is 0 Å². The Morgan fingerprint density at radius 1 is 1.07 bits per heavy atom. The SMILES string of the molecule is COc1ccc(OC)c(C(C)NC(=O)N(C)Cc2ccc(SC)c(OC)c2)c1.Cl. The van der Waals surface area contributed by atoms with Gasteiger partial charge in [-0.15, -0.1) is 24.2 Å². The van der Waals surface area contributed by atoms with Crippen LogP contribution in [0.15, 0.2) is 41.3 Å². The molecule has 0 aliphatic rings. The number of rotatable bonds is 8. The average molecular weight is 441 g/mol. The fourth-order valence-corrected chi connectivity index (χ4v) is 3.42. The summed E-state index contributed by atoms with van der Waals surface area (Å²) < 4.78 is 16.1. The number of carbonyl (C=O) groups is 1. The van der Waals surface area contributed by atoms with Crippen molar-refractivity contribution in [2.75, 3.05) is 34.6 Å². The molecule has 2 rings (SSSR count). The van der Waals surface area contributed by atoms with Crippen LogP contribution in [0.25, 0.3) is 0 Å². The van der Waals surface area contributed by atoms with Gasteiger partial charge in [-0.2, -0.15) is 0 Å². The van der Waals surface area contributed by atoms with Gasteiger partial charge in [-0.1, -0.05) is 6.07 Å². The number of thioether (sulfide) groups is 1. The lowest BCUT2D eigenvalue weighted by Gasteiger charge is -2.23. The highest BCUT2D eigenvalue weighted by molar-refractivity contribution is 7.98. The van der Waals surface area contributed by atoms with Crippen molar-refractivity contribution >= 4 is 30.2 Å². The average Bonchev–Trinajstić information content (AvgIpc) is 2.72. The van der Waals surface area contributed by atoms with Gasteiger partial charge in [-0.05, 0) is 49.1 Å². The quantitative estimate of drug-likeness (QED) is 0.600. The second kappa shape index (κ2) is 11.7. The number of hydrogen-bond donors (Lipinski definition) is 1. The zero-order valence-electron chi connectivity index (χ0n) is 17.6. The molecule has 160 valence electrons. The van der Waals surface area contributed by atoms with E-state index in [0.717, 1.165) is 21.8 Å². The van der Waals surface area contributed by atoms with Crippen LogP contribution in [0, 0.1) is 0 Å². The maximum Gasteiger partial charge on any atom is 0.317 e. The third-order valence-electron chi connectivity index (χ3n) is 4.46. The van der Waals surface area contributed by atoms with Gasteiger partial charge in [0.1, 0.15) is 17.2 Å². The van der Waals surface area contributed by atoms with Crippen molar-refractivity contribution in [2.45, 2.75) is 24.4 Å². The number of urea groups is 1. The highest BCUT2D eigenvalue weighted by Crippen LogP contribution is 2.30. The number of methoxy groups -OCH3 is 3. The number of hydrogen-bond acceptors (Lipinski definition) is 5. The molecule has 0 aliphatic heterocycles. The number of halogens is 1. The first-order valence-electron chi connectivity index (χ1n) is 8.87. The van der Waals surface area contributed by atoms with Crippen LogP contribution in [0.3, 0.4) is 0 Å². The van der Waals surface area contributed by atoms with E-state index in [4.69, 9.17) is 14.2 Å². The van der Waals surface area contributed by atoms with Crippen LogP contribution in [-0.4, -0.2) is 45.6 Å². The Hall–Kier alpha value is -2.25. The monoisotopic (exact) mass is 440 g/mol. The van der Waals surface area contributed by atoms with E-state index in [-0.39, 0.29) is 24.5 Å². The van der Waals surface area contributed by atoms with E-state index in [1.165, 1.54) is 0 Å². The van der Waals surface area contributed by atoms with Crippen molar-refractivity contribution in [3.8, 4) is 17.2 Å². The summed E-state index contributed by atoms with van der Waals surface area (Å²) >= 11 is 1.63. The lowest BCUT2D eigenvalue weighted by Crippen LogP contribution is -2.38. The van der Waals surface area contributed by atoms with Crippen molar-refractivity contribution in [1.29, 1.82) is 0 Å². The van der Waals surface area contributed by atoms with Crippen LogP contribution < -0.4 is 19.5 Å². The molecule has 8 heteroatoms. The molecular formula is C21H29ClN2O4S. The van der Waals surface area contributed by atoms with Gasteiger partial charge < -0.3 is 24.4 Å². The first kappa shape index (κ1) is 24.8. The van der Waals surface area contributed by atoms with Crippen LogP contribution in [0.4, 0.5) is 4.79 Å². The first-order chi connectivity index (χ1) is 13.4. The van der Waals surface area contributed by atoms with Crippen LogP contribution >= 0.6 is 24.2 Å². The Morgan fingerprint density at radius 2 is 1.76 bits per heavy atom. The predicted molar refractivity (Wildman–Crippen MR) is 120 cm³/mol. The molecule has 0 aromatic heterocycles. The van der Waals surface area contributed by atoms with Crippen LogP contribution in [0.2, 0.25) is 0 Å². The Balaban J connectivity index is 0.00000420. The zero-order valence-corrected chi connectivity index (χ0v) is 19.3. The molecule has 1 atom stereocenters. The summed E-state index contributed by atoms with van der Waals surface area (Å²) in [5.41, 5.74) is 1.86. The van der Waals surface area contributed by atoms with E-state index in [1.807, 2.05) is 49.6 Å². The highest BCUT2D eigenvalue weighted by Gasteiger charge is 2.18. The fourth-order valence-electron chi connectivity index (χ4n) is 2.88. The molecule has 0 bridgehead atoms. The van der Waals surface area contributed by atoms with Gasteiger partial charge in [0.25, 0.3) is 0 Å². The number of ether oxygens (including phenoxy) is 3. The lowest BCUT2D eigenvalue weighted by molar-refractivity contribution is 0.203. The van der Waals surface area contributed by atoms with Crippen molar-refractivity contribution in [3.63, 3.8) is 0 Å². The number of amides is 2. The molecule has 0 heterocycles. The summed E-state index contributed by atoms with van der Waals surface area (Å²) in [5, 5.41) is 3.01. The molecule has 29 heavy (non-hydrogen) atoms. The second-order valence-electron chi connectivity index (χ2n) is 6.32. The Labute approximate surface area is 183 Å². The van der Waals surface area contributed by atoms with E-state index in [2.05, 4.69) is 5.32 Å². The van der Waals surface area contributed by atoms with E-state index in [0.29, 0.717) is 18.0 Å². The maximum absolute atomic E-state index is 12.7. The summed E-state index contributed by atoms with van der Waals surface area (Å²) in [6.45, 7) is 2.39. The van der Waals surface area contributed by atoms with Gasteiger partial charge in [-0.3, -0.25) is 0 Å². The summed E-state index contributed by atoms with van der Waals surface area (Å²) in [5.74, 6) is 2.23. The molecule has 0 saturated heterocycles. The third-order valence-corrected chi connectivity index (χ3v) is 5.23. The highest BCUT2D eigenvalue weighted by atomic mass is 35.5. The largest absolute Gasteiger partial charge is 0.497 e. The maximum atomic E-state index is 12.7. The fraction of sp³-hybridized carbons (Fsp3) is 0.381. The van der Waals surface area contributed by atoms with Crippen molar-refractivity contribution in [2.24, 2.45) is 0 Å². The molecule has 1 N–H and O–H groups in total. The molecule has 0 radical (unpaired) electrons. The molecule has 1 unspecified atom stereocenters. The summed E-state index contributed by atoms with van der Waals surface area (Å²) in [4.78, 5) is 15.4. The minimum atomic E-state index is -0.242. The Kier molecular flexibility index (Phi) is 9.98. The first-order valence-corrected chi connectivity index (χ1v) is 10.1. The number of nitrogens with zero attached hydrogens (tertiary/aromatic N) is 1. The molecule has 0 fully saturated rings. The lowest BCUT2D eigenvalue weighted by atomic mass is 10.1. The molecule has 2 aromatic rings. The summed E-state index contributed by atoms with van der Waals surface area (Å²) in [6.07, 6.45) is 2.01. The van der Waals surface area contributed by atoms with Gasteiger partial charge in [0.05, 0.1) is 27.4 Å². The summed E-state index contributed by atoms with van der Waals surface area (Å²) in [6, 6.07) is 11.1. The topological polar surface area (TPSA) is 60.0 Å². The minimum Gasteiger partial charge on any atom is -0.497 e. The van der Waals surface area contributed by atoms with Crippen LogP contribution in [-0.2, 0) is 6.54 Å². The summed E-state index contributed by atoms with van der Waals surface area (Å²) in [7, 11) is 6.63. The van der Waals surface area contributed by atoms with Gasteiger partial charge in [0.2, 0.25) is 0 Å². The van der Waals surface area contributed by atoms with Crippen molar-refractivity contribution in [1.82, 2.24) is 10.2 Å². The smallest absolute Gasteiger partial charge is 0.317 e. The van der Waals surface area contributed by atoms with E-state index in [1.54, 1.807) is 45.0 Å². The predicted octanol–water partition coefficient (Wildman–Crippen LogP) is 4.76. The molecule has 2 amide bonds. The van der Waals surface area contributed by atoms with Crippen LogP contribution in [0.5, 0.6) is 17.2 Å². The number of benzene rings is 2. The second-order valence-corrected chi connectivity index (χ2v) is 7.17. The van der Waals surface area contributed by atoms with Gasteiger partial charge in [-0.25, -0.2) is 4.79 Å². The normalized spacial score (nSPS) is 11.1. The van der Waals surface area contributed by atoms with Crippen molar-refractivity contribution < 1.29 is 19.0 Å². The van der Waals surface area contributed by atoms with Crippen LogP contribution in [0.1, 0.15) is 24.1 Å². The minimum absolute atomic E-state index is 0. The zero-order chi connectivity index (χ0) is 20.7. The Bertz CT molecular complexity index is 819. The molecule has 2 aromatic carbocycles. The molecule has 0 aliphatic carbocycles. The van der Waals surface area contributed by atoms with Gasteiger partial charge in [0.15, 0.2) is 0 Å². The standard InChI is InChI=1S/C21H28N2O4S.ClH/c1-14(17-12-16(25-3)8-9-18(17)26-4)22-21(24)23(2)13-15-7-10-20(28-6)19(11-15)27-5;/h7-12,14H,13H2,1-6H3,(H,22,24);1H. The number of carbonyl (C=O) groups excluding carboxylic acids is 1. The Morgan fingerprint density at radius 3 is 2.34 bits per heavy atom. The van der Waals surface area contributed by atoms with Gasteiger partial charge >= 0.3 is 6.03 Å². The van der Waals surface area contributed by atoms with Crippen molar-refractivity contribution in [3.05, 3.63) is 47.5 Å². The molecular weight excluding hydrogens is 412 g/mol. The third kappa shape index (κ3) is 6.37. The van der Waals surface area contributed by atoms with E-state index >= 15 is 0 Å². The number of nitrogens with one attached hydrogen (secondary N) is 1.